The molecule has 2 aromatic heterocycles. The molecule has 0 amide bonds. The van der Waals surface area contributed by atoms with E-state index in [9.17, 15) is 4.79 Å². The SMILES string of the molecule is O=C(Cn1c2ccccc2n2ncnc12)c1ccccc1. The van der Waals surface area contributed by atoms with Crippen molar-refractivity contribution in [2.75, 3.05) is 0 Å². The molecule has 4 rings (SSSR count). The van der Waals surface area contributed by atoms with Crippen LogP contribution in [0.1, 0.15) is 10.4 Å². The van der Waals surface area contributed by atoms with Crippen molar-refractivity contribution >= 4 is 22.6 Å². The molecule has 2 aromatic carbocycles. The Morgan fingerprint density at radius 3 is 2.48 bits per heavy atom. The second-order valence-electron chi connectivity index (χ2n) is 4.84. The molecule has 0 N–H and O–H groups in total. The minimum atomic E-state index is 0.0573. The molecule has 0 saturated carbocycles. The zero-order chi connectivity index (χ0) is 14.2. The maximum absolute atomic E-state index is 12.4. The molecule has 21 heavy (non-hydrogen) atoms. The summed E-state index contributed by atoms with van der Waals surface area (Å²) in [6, 6.07) is 17.1. The third-order valence-electron chi connectivity index (χ3n) is 3.57. The summed E-state index contributed by atoms with van der Waals surface area (Å²) >= 11 is 0. The molecule has 4 aromatic rings. The van der Waals surface area contributed by atoms with Gasteiger partial charge in [0.15, 0.2) is 5.78 Å². The molecule has 0 spiro atoms. The van der Waals surface area contributed by atoms with Crippen LogP contribution in [0.3, 0.4) is 0 Å². The number of hydrogen-bond acceptors (Lipinski definition) is 3. The number of imidazole rings is 1. The van der Waals surface area contributed by atoms with E-state index < -0.39 is 0 Å². The van der Waals surface area contributed by atoms with Gasteiger partial charge in [-0.1, -0.05) is 42.5 Å². The monoisotopic (exact) mass is 276 g/mol. The van der Waals surface area contributed by atoms with Crippen molar-refractivity contribution in [3.8, 4) is 0 Å². The zero-order valence-corrected chi connectivity index (χ0v) is 11.2. The van der Waals surface area contributed by atoms with E-state index in [1.165, 1.54) is 6.33 Å². The van der Waals surface area contributed by atoms with Crippen LogP contribution in [0.2, 0.25) is 0 Å². The van der Waals surface area contributed by atoms with Crippen LogP contribution in [0.15, 0.2) is 60.9 Å². The number of fused-ring (bicyclic) bond motifs is 3. The van der Waals surface area contributed by atoms with Crippen LogP contribution >= 0.6 is 0 Å². The second kappa shape index (κ2) is 4.56. The Balaban J connectivity index is 1.85. The first-order valence-electron chi connectivity index (χ1n) is 6.70. The quantitative estimate of drug-likeness (QED) is 0.540. The van der Waals surface area contributed by atoms with E-state index in [0.717, 1.165) is 11.0 Å². The maximum Gasteiger partial charge on any atom is 0.233 e. The van der Waals surface area contributed by atoms with Crippen LogP contribution in [0.5, 0.6) is 0 Å². The highest BCUT2D eigenvalue weighted by Crippen LogP contribution is 2.19. The lowest BCUT2D eigenvalue weighted by molar-refractivity contribution is 0.0974. The first-order valence-corrected chi connectivity index (χ1v) is 6.70. The molecule has 0 radical (unpaired) electrons. The molecular formula is C16H12N4O. The Labute approximate surface area is 120 Å². The average molecular weight is 276 g/mol. The van der Waals surface area contributed by atoms with E-state index in [1.807, 2.05) is 59.2 Å². The lowest BCUT2D eigenvalue weighted by atomic mass is 10.1. The molecule has 2 heterocycles. The van der Waals surface area contributed by atoms with E-state index in [-0.39, 0.29) is 12.3 Å². The summed E-state index contributed by atoms with van der Waals surface area (Å²) in [4.78, 5) is 16.7. The molecular weight excluding hydrogens is 264 g/mol. The fourth-order valence-electron chi connectivity index (χ4n) is 2.58. The first-order chi connectivity index (χ1) is 10.3. The normalized spacial score (nSPS) is 11.2. The van der Waals surface area contributed by atoms with Crippen LogP contribution < -0.4 is 0 Å². The predicted octanol–water partition coefficient (Wildman–Crippen LogP) is 2.57. The van der Waals surface area contributed by atoms with Crippen LogP contribution in [0.4, 0.5) is 0 Å². The second-order valence-corrected chi connectivity index (χ2v) is 4.84. The molecule has 5 heteroatoms. The number of nitrogens with zero attached hydrogens (tertiary/aromatic N) is 4. The smallest absolute Gasteiger partial charge is 0.233 e. The summed E-state index contributed by atoms with van der Waals surface area (Å²) in [7, 11) is 0. The van der Waals surface area contributed by atoms with Gasteiger partial charge in [0.2, 0.25) is 5.78 Å². The third kappa shape index (κ3) is 1.82. The van der Waals surface area contributed by atoms with Gasteiger partial charge in [0.1, 0.15) is 6.33 Å². The molecule has 0 atom stereocenters. The molecule has 102 valence electrons. The summed E-state index contributed by atoms with van der Waals surface area (Å²) in [6.45, 7) is 0.250. The van der Waals surface area contributed by atoms with Crippen molar-refractivity contribution in [2.45, 2.75) is 6.54 Å². The summed E-state index contributed by atoms with van der Waals surface area (Å²) in [5.41, 5.74) is 2.61. The minimum Gasteiger partial charge on any atom is -0.300 e. The fraction of sp³-hybridized carbons (Fsp3) is 0.0625. The average Bonchev–Trinajstić information content (AvgIpc) is 3.11. The van der Waals surface area contributed by atoms with Gasteiger partial charge in [-0.3, -0.25) is 4.79 Å². The van der Waals surface area contributed by atoms with Gasteiger partial charge in [-0.25, -0.2) is 0 Å². The van der Waals surface area contributed by atoms with Gasteiger partial charge in [0.25, 0.3) is 0 Å². The molecule has 0 saturated heterocycles. The molecule has 0 fully saturated rings. The molecule has 0 aliphatic rings. The van der Waals surface area contributed by atoms with Gasteiger partial charge >= 0.3 is 0 Å². The summed E-state index contributed by atoms with van der Waals surface area (Å²) in [6.07, 6.45) is 1.51. The Morgan fingerprint density at radius 1 is 0.952 bits per heavy atom. The lowest BCUT2D eigenvalue weighted by Crippen LogP contribution is -2.10. The molecule has 0 unspecified atom stereocenters. The summed E-state index contributed by atoms with van der Waals surface area (Å²) < 4.78 is 3.66. The number of para-hydroxylation sites is 2. The van der Waals surface area contributed by atoms with Gasteiger partial charge in [-0.05, 0) is 12.1 Å². The van der Waals surface area contributed by atoms with E-state index >= 15 is 0 Å². The molecule has 0 aliphatic heterocycles. The number of carbonyl (C=O) groups excluding carboxylic acids is 1. The first kappa shape index (κ1) is 11.8. The zero-order valence-electron chi connectivity index (χ0n) is 11.2. The summed E-state index contributed by atoms with van der Waals surface area (Å²) in [5, 5.41) is 4.22. The summed E-state index contributed by atoms with van der Waals surface area (Å²) in [5.74, 6) is 0.738. The van der Waals surface area contributed by atoms with Gasteiger partial charge in [-0.15, -0.1) is 0 Å². The van der Waals surface area contributed by atoms with E-state index in [0.29, 0.717) is 11.3 Å². The van der Waals surface area contributed by atoms with Crippen molar-refractivity contribution < 1.29 is 4.79 Å². The van der Waals surface area contributed by atoms with Crippen molar-refractivity contribution in [1.29, 1.82) is 0 Å². The number of carbonyl (C=O) groups is 1. The number of ketones is 1. The number of Topliss-reactive ketones (excluding diaryl/α,β-unsaturated/α-hetero) is 1. The predicted molar refractivity (Wildman–Crippen MR) is 79.3 cm³/mol. The van der Waals surface area contributed by atoms with Crippen LogP contribution in [-0.4, -0.2) is 24.9 Å². The number of benzene rings is 2. The highest BCUT2D eigenvalue weighted by atomic mass is 16.1. The van der Waals surface area contributed by atoms with Crippen LogP contribution in [0, 0.1) is 0 Å². The molecule has 0 bridgehead atoms. The standard InChI is InChI=1S/C16H12N4O/c21-15(12-6-2-1-3-7-12)10-19-13-8-4-5-9-14(13)20-16(19)17-11-18-20/h1-9,11H,10H2. The van der Waals surface area contributed by atoms with Gasteiger partial charge in [-0.2, -0.15) is 14.6 Å². The number of rotatable bonds is 3. The topological polar surface area (TPSA) is 52.2 Å². The maximum atomic E-state index is 12.4. The van der Waals surface area contributed by atoms with Gasteiger partial charge in [0, 0.05) is 5.56 Å². The number of aromatic nitrogens is 4. The largest absolute Gasteiger partial charge is 0.300 e. The van der Waals surface area contributed by atoms with Crippen molar-refractivity contribution in [3.63, 3.8) is 0 Å². The van der Waals surface area contributed by atoms with E-state index in [1.54, 1.807) is 4.52 Å². The van der Waals surface area contributed by atoms with E-state index in [2.05, 4.69) is 10.1 Å². The Hall–Kier alpha value is -2.95. The van der Waals surface area contributed by atoms with E-state index in [4.69, 9.17) is 0 Å². The third-order valence-corrected chi connectivity index (χ3v) is 3.57. The van der Waals surface area contributed by atoms with Crippen molar-refractivity contribution in [3.05, 3.63) is 66.5 Å². The highest BCUT2D eigenvalue weighted by Gasteiger charge is 2.15. The van der Waals surface area contributed by atoms with Gasteiger partial charge in [0.05, 0.1) is 17.6 Å². The fourth-order valence-corrected chi connectivity index (χ4v) is 2.58. The lowest BCUT2D eigenvalue weighted by Gasteiger charge is -2.04. The number of hydrogen-bond donors (Lipinski definition) is 0. The Kier molecular flexibility index (Phi) is 2.57. The minimum absolute atomic E-state index is 0.0573. The van der Waals surface area contributed by atoms with Crippen LogP contribution in [-0.2, 0) is 6.54 Å². The molecule has 5 nitrogen and oxygen atoms in total. The Morgan fingerprint density at radius 2 is 1.67 bits per heavy atom. The molecule has 0 aliphatic carbocycles. The Bertz CT molecular complexity index is 937. The van der Waals surface area contributed by atoms with Crippen molar-refractivity contribution in [2.24, 2.45) is 0 Å². The van der Waals surface area contributed by atoms with Crippen molar-refractivity contribution in [1.82, 2.24) is 19.2 Å². The van der Waals surface area contributed by atoms with Crippen LogP contribution in [0.25, 0.3) is 16.8 Å². The van der Waals surface area contributed by atoms with Gasteiger partial charge < -0.3 is 4.57 Å². The highest BCUT2D eigenvalue weighted by molar-refractivity contribution is 5.97.